The lowest BCUT2D eigenvalue weighted by atomic mass is 10.1. The minimum atomic E-state index is -1.23. The molecule has 0 aliphatic heterocycles. The Labute approximate surface area is 439 Å². The molecule has 4 aromatic heterocycles. The minimum Gasteiger partial charge on any atom is -0.494 e. The second kappa shape index (κ2) is 24.4. The lowest BCUT2D eigenvalue weighted by Crippen LogP contribution is -2.09. The quantitative estimate of drug-likeness (QED) is 0.0390. The molecule has 6 nitrogen and oxygen atoms in total. The van der Waals surface area contributed by atoms with Crippen molar-refractivity contribution in [3.05, 3.63) is 180 Å². The summed E-state index contributed by atoms with van der Waals surface area (Å²) >= 11 is 6.75. The highest BCUT2D eigenvalue weighted by Crippen LogP contribution is 2.43. The Morgan fingerprint density at radius 1 is 0.458 bits per heavy atom. The number of nitriles is 1. The van der Waals surface area contributed by atoms with Gasteiger partial charge in [0.25, 0.3) is 0 Å². The largest absolute Gasteiger partial charge is 0.494 e. The van der Waals surface area contributed by atoms with Crippen molar-refractivity contribution in [3.8, 4) is 79.5 Å². The third kappa shape index (κ3) is 12.5. The molecule has 0 aliphatic rings. The van der Waals surface area contributed by atoms with Gasteiger partial charge in [-0.3, -0.25) is 0 Å². The molecule has 362 valence electrons. The highest BCUT2D eigenvalue weighted by Gasteiger charge is 2.17. The third-order valence-corrected chi connectivity index (χ3v) is 17.1. The number of rotatable bonds is 23. The SMILES string of the molecule is CCCCCCOc1ccc(-c2ccc(-c3ccc(N(c4ccc(-c5ccc(-c6ccc(OCCCCCC)cc6)s5)cc4)c4ccc(-c5ccc(-c6ccc(/C=C(\C#N)C(=O)O)s6)s5)cc4)cc3)s2)cc1. The van der Waals surface area contributed by atoms with Gasteiger partial charge in [0.1, 0.15) is 23.1 Å². The molecular formula is C62H56N2O4S4. The average molecular weight is 1020 g/mol. The predicted octanol–water partition coefficient (Wildman–Crippen LogP) is 19.3. The van der Waals surface area contributed by atoms with E-state index in [9.17, 15) is 15.2 Å². The van der Waals surface area contributed by atoms with Crippen molar-refractivity contribution in [2.75, 3.05) is 18.1 Å². The number of hydrogen-bond acceptors (Lipinski definition) is 9. The fraction of sp³-hybridized carbons (Fsp3) is 0.194. The third-order valence-electron chi connectivity index (χ3n) is 12.4. The van der Waals surface area contributed by atoms with E-state index in [2.05, 4.69) is 176 Å². The molecule has 0 bridgehead atoms. The number of carboxylic acid groups (broad SMARTS) is 1. The molecule has 0 aliphatic carbocycles. The number of anilines is 3. The summed E-state index contributed by atoms with van der Waals surface area (Å²) in [5, 5.41) is 18.6. The molecule has 0 spiro atoms. The molecule has 9 aromatic rings. The minimum absolute atomic E-state index is 0.280. The van der Waals surface area contributed by atoms with Gasteiger partial charge in [-0.1, -0.05) is 88.8 Å². The molecular weight excluding hydrogens is 965 g/mol. The van der Waals surface area contributed by atoms with Crippen molar-refractivity contribution in [3.63, 3.8) is 0 Å². The van der Waals surface area contributed by atoms with E-state index in [-0.39, 0.29) is 5.57 Å². The van der Waals surface area contributed by atoms with Crippen LogP contribution in [0.4, 0.5) is 17.1 Å². The standard InChI is InChI=1S/C62H56N2O4S4/c1-3-5-7-9-39-67-52-27-17-46(18-28-52)57-35-33-55(70-57)43-11-21-49(22-12-43)64(51-25-15-45(16-26-51)59-37-38-61(72-59)60-32-31-54(69-60)41-48(42-63)62(65)66)50-23-13-44(14-24-50)56-34-36-58(71-56)47-19-29-53(30-20-47)68-40-10-8-6-4-2/h11-38,41H,3-10,39-40H2,1-2H3,(H,65,66)/b48-41+. The number of thiophene rings is 4. The van der Waals surface area contributed by atoms with Crippen LogP contribution >= 0.6 is 45.3 Å². The number of ether oxygens (including phenoxy) is 2. The van der Waals surface area contributed by atoms with Crippen molar-refractivity contribution in [2.24, 2.45) is 0 Å². The summed E-state index contributed by atoms with van der Waals surface area (Å²) in [5.41, 5.74) is 8.67. The van der Waals surface area contributed by atoms with E-state index in [0.717, 1.165) is 79.7 Å². The van der Waals surface area contributed by atoms with E-state index in [1.54, 1.807) is 40.1 Å². The molecule has 0 fully saturated rings. The van der Waals surface area contributed by atoms with Gasteiger partial charge in [0.2, 0.25) is 0 Å². The molecule has 72 heavy (non-hydrogen) atoms. The van der Waals surface area contributed by atoms with Crippen molar-refractivity contribution >= 4 is 74.5 Å². The summed E-state index contributed by atoms with van der Waals surface area (Å²) in [7, 11) is 0. The fourth-order valence-corrected chi connectivity index (χ4v) is 12.5. The first-order chi connectivity index (χ1) is 35.3. The van der Waals surface area contributed by atoms with Crippen LogP contribution in [0.25, 0.3) is 68.0 Å². The van der Waals surface area contributed by atoms with Crippen LogP contribution in [0.1, 0.15) is 70.1 Å². The maximum atomic E-state index is 11.4. The molecule has 10 heteroatoms. The molecule has 0 unspecified atom stereocenters. The molecule has 0 saturated carbocycles. The summed E-state index contributed by atoms with van der Waals surface area (Å²) in [6, 6.07) is 62.1. The summed E-state index contributed by atoms with van der Waals surface area (Å²) in [6.07, 6.45) is 11.0. The maximum Gasteiger partial charge on any atom is 0.346 e. The zero-order valence-corrected chi connectivity index (χ0v) is 43.8. The monoisotopic (exact) mass is 1020 g/mol. The highest BCUT2D eigenvalue weighted by molar-refractivity contribution is 7.24. The van der Waals surface area contributed by atoms with Gasteiger partial charge < -0.3 is 19.5 Å². The van der Waals surface area contributed by atoms with Gasteiger partial charge >= 0.3 is 5.97 Å². The van der Waals surface area contributed by atoms with Crippen molar-refractivity contribution in [1.82, 2.24) is 0 Å². The molecule has 0 amide bonds. The number of nitrogens with zero attached hydrogens (tertiary/aromatic N) is 2. The Hall–Kier alpha value is -7.00. The molecule has 4 heterocycles. The fourth-order valence-electron chi connectivity index (χ4n) is 8.41. The molecule has 9 rings (SSSR count). The zero-order chi connectivity index (χ0) is 49.7. The van der Waals surface area contributed by atoms with E-state index in [1.165, 1.54) is 97.7 Å². The Kier molecular flexibility index (Phi) is 16.9. The number of hydrogen-bond donors (Lipinski definition) is 1. The molecule has 1 N–H and O–H groups in total. The summed E-state index contributed by atoms with van der Waals surface area (Å²) in [6.45, 7) is 5.97. The first-order valence-corrected chi connectivity index (χ1v) is 27.9. The van der Waals surface area contributed by atoms with E-state index >= 15 is 0 Å². The lowest BCUT2D eigenvalue weighted by molar-refractivity contribution is -0.132. The molecule has 5 aromatic carbocycles. The van der Waals surface area contributed by atoms with Crippen LogP contribution in [0.5, 0.6) is 11.5 Å². The number of unbranched alkanes of at least 4 members (excludes halogenated alkanes) is 6. The Morgan fingerprint density at radius 2 is 0.792 bits per heavy atom. The van der Waals surface area contributed by atoms with Crippen LogP contribution in [0.15, 0.2) is 175 Å². The molecule has 0 saturated heterocycles. The highest BCUT2D eigenvalue weighted by atomic mass is 32.1. The molecule has 0 radical (unpaired) electrons. The first kappa shape index (κ1) is 50.0. The van der Waals surface area contributed by atoms with Gasteiger partial charge in [0.05, 0.1) is 13.2 Å². The van der Waals surface area contributed by atoms with Gasteiger partial charge in [-0.05, 0) is 180 Å². The van der Waals surface area contributed by atoms with Crippen LogP contribution in [-0.2, 0) is 4.79 Å². The van der Waals surface area contributed by atoms with Crippen LogP contribution < -0.4 is 14.4 Å². The van der Waals surface area contributed by atoms with Crippen LogP contribution in [0.2, 0.25) is 0 Å². The molecule has 0 atom stereocenters. The summed E-state index contributed by atoms with van der Waals surface area (Å²) < 4.78 is 12.0. The summed E-state index contributed by atoms with van der Waals surface area (Å²) in [4.78, 5) is 22.5. The number of carbonyl (C=O) groups is 1. The zero-order valence-electron chi connectivity index (χ0n) is 40.5. The predicted molar refractivity (Wildman–Crippen MR) is 306 cm³/mol. The Morgan fingerprint density at radius 3 is 1.15 bits per heavy atom. The topological polar surface area (TPSA) is 82.8 Å². The normalized spacial score (nSPS) is 11.4. The number of carboxylic acids is 1. The van der Waals surface area contributed by atoms with Gasteiger partial charge in [0.15, 0.2) is 0 Å². The second-order valence-electron chi connectivity index (χ2n) is 17.5. The van der Waals surface area contributed by atoms with E-state index in [0.29, 0.717) is 0 Å². The Balaban J connectivity index is 0.944. The van der Waals surface area contributed by atoms with E-state index in [4.69, 9.17) is 9.47 Å². The number of benzene rings is 5. The van der Waals surface area contributed by atoms with Crippen molar-refractivity contribution in [1.29, 1.82) is 5.26 Å². The van der Waals surface area contributed by atoms with Crippen molar-refractivity contribution in [2.45, 2.75) is 65.2 Å². The van der Waals surface area contributed by atoms with Gasteiger partial charge in [-0.25, -0.2) is 4.79 Å². The van der Waals surface area contributed by atoms with Crippen molar-refractivity contribution < 1.29 is 19.4 Å². The van der Waals surface area contributed by atoms with Gasteiger partial charge in [-0.2, -0.15) is 5.26 Å². The van der Waals surface area contributed by atoms with Gasteiger partial charge in [0, 0.05) is 56.1 Å². The smallest absolute Gasteiger partial charge is 0.346 e. The average Bonchev–Trinajstić information content (AvgIpc) is 4.28. The van der Waals surface area contributed by atoms with E-state index < -0.39 is 5.97 Å². The van der Waals surface area contributed by atoms with E-state index in [1.807, 2.05) is 12.1 Å². The first-order valence-electron chi connectivity index (χ1n) is 24.7. The van der Waals surface area contributed by atoms with Crippen LogP contribution in [0, 0.1) is 11.3 Å². The second-order valence-corrected chi connectivity index (χ2v) is 21.9. The number of aliphatic carboxylic acids is 1. The Bertz CT molecular complexity index is 3100. The maximum absolute atomic E-state index is 11.4. The van der Waals surface area contributed by atoms with Crippen LogP contribution in [-0.4, -0.2) is 24.3 Å². The van der Waals surface area contributed by atoms with Gasteiger partial charge in [-0.15, -0.1) is 45.3 Å². The summed E-state index contributed by atoms with van der Waals surface area (Å²) in [5.74, 6) is 0.615. The van der Waals surface area contributed by atoms with Crippen LogP contribution in [0.3, 0.4) is 0 Å². The lowest BCUT2D eigenvalue weighted by Gasteiger charge is -2.26.